The second kappa shape index (κ2) is 9.19. The summed E-state index contributed by atoms with van der Waals surface area (Å²) >= 11 is 1.35. The molecule has 0 bridgehead atoms. The van der Waals surface area contributed by atoms with Crippen LogP contribution in [0.1, 0.15) is 18.9 Å². The molecule has 0 saturated carbocycles. The lowest BCUT2D eigenvalue weighted by Gasteiger charge is -2.22. The molecule has 1 aromatic rings. The maximum atomic E-state index is 12.1. The van der Waals surface area contributed by atoms with Gasteiger partial charge in [0.25, 0.3) is 5.91 Å². The minimum absolute atomic E-state index is 0.257. The van der Waals surface area contributed by atoms with Crippen LogP contribution in [0.3, 0.4) is 0 Å². The van der Waals surface area contributed by atoms with Gasteiger partial charge in [-0.05, 0) is 43.1 Å². The van der Waals surface area contributed by atoms with E-state index in [4.69, 9.17) is 4.74 Å². The van der Waals surface area contributed by atoms with Crippen LogP contribution >= 0.6 is 11.9 Å². The van der Waals surface area contributed by atoms with Gasteiger partial charge in [-0.2, -0.15) is 0 Å². The Labute approximate surface area is 152 Å². The molecule has 8 heteroatoms. The zero-order valence-corrected chi connectivity index (χ0v) is 15.6. The Balaban J connectivity index is 2.20. The summed E-state index contributed by atoms with van der Waals surface area (Å²) in [4.78, 5) is 26.5. The molecule has 1 fully saturated rings. The molecule has 2 atom stereocenters. The number of nitrogens with zero attached hydrogens (tertiary/aromatic N) is 1. The Morgan fingerprint density at radius 3 is 2.84 bits per heavy atom. The van der Waals surface area contributed by atoms with Crippen LogP contribution in [0, 0.1) is 0 Å². The molecule has 7 nitrogen and oxygen atoms in total. The van der Waals surface area contributed by atoms with E-state index in [2.05, 4.69) is 10.0 Å². The van der Waals surface area contributed by atoms with Crippen molar-refractivity contribution in [3.63, 3.8) is 0 Å². The van der Waals surface area contributed by atoms with Crippen LogP contribution < -0.4 is 14.9 Å². The Kier molecular flexibility index (Phi) is 7.24. The van der Waals surface area contributed by atoms with Crippen LogP contribution in [0.2, 0.25) is 0 Å². The van der Waals surface area contributed by atoms with Gasteiger partial charge in [0.1, 0.15) is 12.1 Å². The fourth-order valence-corrected chi connectivity index (χ4v) is 3.78. The number of benzene rings is 1. The topological polar surface area (TPSA) is 90.9 Å². The Hall–Kier alpha value is -1.61. The van der Waals surface area contributed by atoms with Gasteiger partial charge in [-0.15, -0.1) is 0 Å². The number of likely N-dealkylation sites (N-methyl/N-ethyl adjacent to an activating group) is 1. The van der Waals surface area contributed by atoms with Crippen LogP contribution in [-0.2, 0) is 20.7 Å². The number of amides is 1. The Morgan fingerprint density at radius 1 is 1.52 bits per heavy atom. The summed E-state index contributed by atoms with van der Waals surface area (Å²) in [6.45, 7) is 2.97. The summed E-state index contributed by atoms with van der Waals surface area (Å²) < 4.78 is 7.93. The summed E-state index contributed by atoms with van der Waals surface area (Å²) in [5, 5.41) is 12.7. The highest BCUT2D eigenvalue weighted by molar-refractivity contribution is 7.97. The number of ether oxygens (including phenoxy) is 1. The third-order valence-electron chi connectivity index (χ3n) is 4.13. The van der Waals surface area contributed by atoms with E-state index < -0.39 is 12.1 Å². The normalized spacial score (nSPS) is 18.5. The fraction of sp³-hybridized carbons (Fsp3) is 0.529. The summed E-state index contributed by atoms with van der Waals surface area (Å²) in [5.41, 5.74) is 1.83. The number of methoxy groups -OCH3 is 1. The average Bonchev–Trinajstić information content (AvgIpc) is 2.96. The molecule has 0 radical (unpaired) electrons. The van der Waals surface area contributed by atoms with Crippen molar-refractivity contribution >= 4 is 29.5 Å². The van der Waals surface area contributed by atoms with Gasteiger partial charge >= 0.3 is 5.97 Å². The first kappa shape index (κ1) is 19.7. The Bertz CT molecular complexity index is 626. The third kappa shape index (κ3) is 4.52. The minimum Gasteiger partial charge on any atom is -0.468 e. The number of nitrogens with one attached hydrogen (secondary N) is 2. The van der Waals surface area contributed by atoms with Crippen LogP contribution in [-0.4, -0.2) is 56.4 Å². The van der Waals surface area contributed by atoms with E-state index >= 15 is 0 Å². The molecule has 25 heavy (non-hydrogen) atoms. The van der Waals surface area contributed by atoms with Gasteiger partial charge in [-0.3, -0.25) is 9.59 Å². The lowest BCUT2D eigenvalue weighted by molar-refractivity contribution is -0.142. The molecule has 1 saturated heterocycles. The average molecular weight is 367 g/mol. The van der Waals surface area contributed by atoms with E-state index in [1.807, 2.05) is 25.1 Å². The first-order valence-electron chi connectivity index (χ1n) is 8.29. The van der Waals surface area contributed by atoms with Gasteiger partial charge in [-0.25, -0.2) is 4.72 Å². The lowest BCUT2D eigenvalue weighted by Crippen LogP contribution is -2.41. The molecular weight excluding hydrogens is 342 g/mol. The standard InChI is InChI=1S/C17H25N3O4S/c1-4-11-13(20-9-8-14(21)16(20)22)6-5-7-15(11)25-19-12(10-18-2)17(23)24-3/h5-7,12,14,18-19,21H,4,8-10H2,1-3H3/t12-,14-/m0/s1. The first-order chi connectivity index (χ1) is 12.0. The van der Waals surface area contributed by atoms with Crippen LogP contribution in [0.5, 0.6) is 0 Å². The molecule has 2 rings (SSSR count). The summed E-state index contributed by atoms with van der Waals surface area (Å²) in [7, 11) is 3.13. The molecule has 3 N–H and O–H groups in total. The molecule has 0 aromatic heterocycles. The minimum atomic E-state index is -0.918. The monoisotopic (exact) mass is 367 g/mol. The van der Waals surface area contributed by atoms with Crippen molar-refractivity contribution in [1.29, 1.82) is 0 Å². The van der Waals surface area contributed by atoms with Crippen LogP contribution in [0.4, 0.5) is 5.69 Å². The van der Waals surface area contributed by atoms with Crippen molar-refractivity contribution in [2.75, 3.05) is 32.1 Å². The Morgan fingerprint density at radius 2 is 2.28 bits per heavy atom. The quantitative estimate of drug-likeness (QED) is 0.460. The zero-order valence-electron chi connectivity index (χ0n) is 14.7. The van der Waals surface area contributed by atoms with Gasteiger partial charge < -0.3 is 20.1 Å². The van der Waals surface area contributed by atoms with Crippen molar-refractivity contribution in [1.82, 2.24) is 10.0 Å². The molecule has 0 aliphatic carbocycles. The van der Waals surface area contributed by atoms with Crippen LogP contribution in [0.25, 0.3) is 0 Å². The highest BCUT2D eigenvalue weighted by atomic mass is 32.2. The molecule has 1 aliphatic rings. The number of aliphatic hydroxyl groups is 1. The van der Waals surface area contributed by atoms with Crippen LogP contribution in [0.15, 0.2) is 23.1 Å². The van der Waals surface area contributed by atoms with Gasteiger partial charge in [0, 0.05) is 30.1 Å². The molecule has 0 unspecified atom stereocenters. The third-order valence-corrected chi connectivity index (χ3v) is 5.14. The van der Waals surface area contributed by atoms with Crippen molar-refractivity contribution in [2.24, 2.45) is 0 Å². The summed E-state index contributed by atoms with van der Waals surface area (Å²) in [6.07, 6.45) is 0.262. The van der Waals surface area contributed by atoms with E-state index in [1.54, 1.807) is 11.9 Å². The molecule has 0 spiro atoms. The van der Waals surface area contributed by atoms with E-state index in [0.29, 0.717) is 19.5 Å². The second-order valence-corrected chi connectivity index (χ2v) is 6.63. The van der Waals surface area contributed by atoms with Gasteiger partial charge in [0.15, 0.2) is 0 Å². The zero-order chi connectivity index (χ0) is 18.4. The number of hydrogen-bond donors (Lipinski definition) is 3. The van der Waals surface area contributed by atoms with Gasteiger partial charge in [0.2, 0.25) is 0 Å². The largest absolute Gasteiger partial charge is 0.468 e. The molecular formula is C17H25N3O4S. The number of carbonyl (C=O) groups is 2. The second-order valence-electron chi connectivity index (χ2n) is 5.76. The van der Waals surface area contributed by atoms with Crippen molar-refractivity contribution in [2.45, 2.75) is 36.8 Å². The molecule has 1 aromatic carbocycles. The number of rotatable bonds is 8. The summed E-state index contributed by atoms with van der Waals surface area (Å²) in [6, 6.07) is 5.24. The predicted octanol–water partition coefficient (Wildman–Crippen LogP) is 0.704. The predicted molar refractivity (Wildman–Crippen MR) is 97.5 cm³/mol. The number of aliphatic hydroxyl groups excluding tert-OH is 1. The molecule has 1 heterocycles. The van der Waals surface area contributed by atoms with Crippen molar-refractivity contribution < 1.29 is 19.4 Å². The van der Waals surface area contributed by atoms with Crippen molar-refractivity contribution in [3.8, 4) is 0 Å². The number of hydrogen-bond acceptors (Lipinski definition) is 7. The smallest absolute Gasteiger partial charge is 0.325 e. The first-order valence-corrected chi connectivity index (χ1v) is 9.11. The van der Waals surface area contributed by atoms with E-state index in [0.717, 1.165) is 22.6 Å². The van der Waals surface area contributed by atoms with E-state index in [9.17, 15) is 14.7 Å². The molecule has 1 amide bonds. The lowest BCUT2D eigenvalue weighted by atomic mass is 10.1. The number of carbonyl (C=O) groups excluding carboxylic acids is 2. The van der Waals surface area contributed by atoms with Crippen molar-refractivity contribution in [3.05, 3.63) is 23.8 Å². The SMILES string of the molecule is CCc1c(SN[C@@H](CNC)C(=O)OC)cccc1N1CC[C@H](O)C1=O. The van der Waals surface area contributed by atoms with Gasteiger partial charge in [0.05, 0.1) is 7.11 Å². The molecule has 138 valence electrons. The maximum absolute atomic E-state index is 12.1. The van der Waals surface area contributed by atoms with Gasteiger partial charge in [-0.1, -0.05) is 13.0 Å². The molecule has 1 aliphatic heterocycles. The van der Waals surface area contributed by atoms with E-state index in [1.165, 1.54) is 19.1 Å². The maximum Gasteiger partial charge on any atom is 0.325 e. The number of anilines is 1. The fourth-order valence-electron chi connectivity index (χ4n) is 2.82. The number of esters is 1. The van der Waals surface area contributed by atoms with E-state index in [-0.39, 0.29) is 11.9 Å². The highest BCUT2D eigenvalue weighted by Gasteiger charge is 2.32. The highest BCUT2D eigenvalue weighted by Crippen LogP contribution is 2.32. The summed E-state index contributed by atoms with van der Waals surface area (Å²) in [5.74, 6) is -0.596.